The Balaban J connectivity index is 2.23. The van der Waals surface area contributed by atoms with Crippen LogP contribution in [0.5, 0.6) is 11.5 Å². The Kier molecular flexibility index (Phi) is 3.92. The predicted octanol–water partition coefficient (Wildman–Crippen LogP) is 2.76. The molecule has 0 fully saturated rings. The molecule has 0 saturated heterocycles. The second-order valence-electron chi connectivity index (χ2n) is 4.43. The SMILES string of the molecule is CC(Nc1cccc(CO)c1)c1c(O)cccc1O. The molecule has 0 amide bonds. The highest BCUT2D eigenvalue weighted by Crippen LogP contribution is 2.34. The number of hydrogen-bond donors (Lipinski definition) is 4. The number of aromatic hydroxyl groups is 2. The minimum atomic E-state index is -0.254. The van der Waals surface area contributed by atoms with Crippen LogP contribution in [0.2, 0.25) is 0 Å². The number of aliphatic hydroxyl groups is 1. The van der Waals surface area contributed by atoms with Crippen LogP contribution >= 0.6 is 0 Å². The maximum Gasteiger partial charge on any atom is 0.124 e. The van der Waals surface area contributed by atoms with Gasteiger partial charge in [-0.1, -0.05) is 18.2 Å². The largest absolute Gasteiger partial charge is 0.507 e. The molecule has 0 aliphatic carbocycles. The van der Waals surface area contributed by atoms with Crippen LogP contribution in [0.3, 0.4) is 0 Å². The fourth-order valence-electron chi connectivity index (χ4n) is 2.07. The average molecular weight is 259 g/mol. The van der Waals surface area contributed by atoms with Crippen molar-refractivity contribution in [2.75, 3.05) is 5.32 Å². The van der Waals surface area contributed by atoms with Crippen LogP contribution < -0.4 is 5.32 Å². The minimum Gasteiger partial charge on any atom is -0.507 e. The molecule has 100 valence electrons. The highest BCUT2D eigenvalue weighted by molar-refractivity contribution is 5.52. The van der Waals surface area contributed by atoms with Gasteiger partial charge in [-0.25, -0.2) is 0 Å². The van der Waals surface area contributed by atoms with E-state index in [1.165, 1.54) is 12.1 Å². The summed E-state index contributed by atoms with van der Waals surface area (Å²) < 4.78 is 0. The van der Waals surface area contributed by atoms with Gasteiger partial charge < -0.3 is 20.6 Å². The Morgan fingerprint density at radius 2 is 1.68 bits per heavy atom. The summed E-state index contributed by atoms with van der Waals surface area (Å²) in [6.07, 6.45) is 0. The topological polar surface area (TPSA) is 72.7 Å². The van der Waals surface area contributed by atoms with Crippen LogP contribution in [0.1, 0.15) is 24.1 Å². The Morgan fingerprint density at radius 3 is 2.32 bits per heavy atom. The van der Waals surface area contributed by atoms with Gasteiger partial charge in [0.05, 0.1) is 18.2 Å². The third-order valence-electron chi connectivity index (χ3n) is 2.99. The van der Waals surface area contributed by atoms with Gasteiger partial charge in [-0.05, 0) is 36.8 Å². The number of aliphatic hydroxyl groups excluding tert-OH is 1. The van der Waals surface area contributed by atoms with E-state index in [-0.39, 0.29) is 24.1 Å². The van der Waals surface area contributed by atoms with Gasteiger partial charge in [0.25, 0.3) is 0 Å². The molecule has 2 aromatic rings. The smallest absolute Gasteiger partial charge is 0.124 e. The third kappa shape index (κ3) is 2.98. The first-order chi connectivity index (χ1) is 9.11. The molecule has 0 spiro atoms. The average Bonchev–Trinajstić information content (AvgIpc) is 2.38. The molecule has 1 atom stereocenters. The number of phenolic OH excluding ortho intramolecular Hbond substituents is 2. The van der Waals surface area contributed by atoms with Crippen LogP contribution in [0.4, 0.5) is 5.69 Å². The van der Waals surface area contributed by atoms with E-state index in [0.717, 1.165) is 11.3 Å². The van der Waals surface area contributed by atoms with Crippen molar-refractivity contribution < 1.29 is 15.3 Å². The van der Waals surface area contributed by atoms with Gasteiger partial charge in [0.1, 0.15) is 11.5 Å². The summed E-state index contributed by atoms with van der Waals surface area (Å²) in [7, 11) is 0. The van der Waals surface area contributed by atoms with Crippen molar-refractivity contribution in [2.24, 2.45) is 0 Å². The number of rotatable bonds is 4. The zero-order valence-electron chi connectivity index (χ0n) is 10.7. The summed E-state index contributed by atoms with van der Waals surface area (Å²) >= 11 is 0. The Bertz CT molecular complexity index is 549. The van der Waals surface area contributed by atoms with Gasteiger partial charge in [0.15, 0.2) is 0 Å². The van der Waals surface area contributed by atoms with Crippen molar-refractivity contribution in [3.8, 4) is 11.5 Å². The molecule has 19 heavy (non-hydrogen) atoms. The number of anilines is 1. The number of phenols is 2. The molecule has 0 saturated carbocycles. The lowest BCUT2D eigenvalue weighted by molar-refractivity contribution is 0.282. The lowest BCUT2D eigenvalue weighted by Gasteiger charge is -2.18. The van der Waals surface area contributed by atoms with Gasteiger partial charge in [0.2, 0.25) is 0 Å². The van der Waals surface area contributed by atoms with E-state index < -0.39 is 0 Å². The van der Waals surface area contributed by atoms with Gasteiger partial charge in [-0.2, -0.15) is 0 Å². The van der Waals surface area contributed by atoms with Crippen LogP contribution in [-0.2, 0) is 6.61 Å². The van der Waals surface area contributed by atoms with Crippen molar-refractivity contribution in [3.63, 3.8) is 0 Å². The van der Waals surface area contributed by atoms with Crippen molar-refractivity contribution in [1.29, 1.82) is 0 Å². The van der Waals surface area contributed by atoms with Crippen molar-refractivity contribution in [2.45, 2.75) is 19.6 Å². The monoisotopic (exact) mass is 259 g/mol. The molecular weight excluding hydrogens is 242 g/mol. The molecule has 2 rings (SSSR count). The molecule has 4 N–H and O–H groups in total. The number of hydrogen-bond acceptors (Lipinski definition) is 4. The van der Waals surface area contributed by atoms with Crippen LogP contribution in [0.25, 0.3) is 0 Å². The van der Waals surface area contributed by atoms with E-state index in [2.05, 4.69) is 5.32 Å². The second kappa shape index (κ2) is 5.63. The lowest BCUT2D eigenvalue weighted by Crippen LogP contribution is -2.07. The molecule has 4 nitrogen and oxygen atoms in total. The molecule has 0 heterocycles. The highest BCUT2D eigenvalue weighted by atomic mass is 16.3. The molecule has 4 heteroatoms. The normalized spacial score (nSPS) is 12.1. The summed E-state index contributed by atoms with van der Waals surface area (Å²) in [5.41, 5.74) is 2.08. The first-order valence-corrected chi connectivity index (χ1v) is 6.09. The Labute approximate surface area is 112 Å². The van der Waals surface area contributed by atoms with Gasteiger partial charge >= 0.3 is 0 Å². The summed E-state index contributed by atoms with van der Waals surface area (Å²) in [4.78, 5) is 0. The van der Waals surface area contributed by atoms with Crippen LogP contribution in [-0.4, -0.2) is 15.3 Å². The van der Waals surface area contributed by atoms with Crippen LogP contribution in [0, 0.1) is 0 Å². The first kappa shape index (κ1) is 13.2. The van der Waals surface area contributed by atoms with E-state index in [1.807, 2.05) is 31.2 Å². The molecule has 0 aliphatic rings. The summed E-state index contributed by atoms with van der Waals surface area (Å²) in [5, 5.41) is 31.9. The summed E-state index contributed by atoms with van der Waals surface area (Å²) in [6.45, 7) is 1.83. The third-order valence-corrected chi connectivity index (χ3v) is 2.99. The second-order valence-corrected chi connectivity index (χ2v) is 4.43. The molecular formula is C15H17NO3. The van der Waals surface area contributed by atoms with Crippen molar-refractivity contribution in [3.05, 3.63) is 53.6 Å². The molecule has 1 unspecified atom stereocenters. The standard InChI is InChI=1S/C15H17NO3/c1-10(15-13(18)6-3-7-14(15)19)16-12-5-2-4-11(8-12)9-17/h2-8,10,16-19H,9H2,1H3. The van der Waals surface area contributed by atoms with Crippen LogP contribution in [0.15, 0.2) is 42.5 Å². The molecule has 0 aliphatic heterocycles. The highest BCUT2D eigenvalue weighted by Gasteiger charge is 2.14. The molecule has 2 aromatic carbocycles. The fraction of sp³-hybridized carbons (Fsp3) is 0.200. The van der Waals surface area contributed by atoms with Crippen molar-refractivity contribution in [1.82, 2.24) is 0 Å². The molecule has 0 aromatic heterocycles. The minimum absolute atomic E-state index is 0.0221. The van der Waals surface area contributed by atoms with Crippen molar-refractivity contribution >= 4 is 5.69 Å². The van der Waals surface area contributed by atoms with E-state index in [1.54, 1.807) is 6.07 Å². The van der Waals surface area contributed by atoms with Gasteiger partial charge in [-0.15, -0.1) is 0 Å². The predicted molar refractivity (Wildman–Crippen MR) is 74.2 cm³/mol. The lowest BCUT2D eigenvalue weighted by atomic mass is 10.1. The zero-order chi connectivity index (χ0) is 13.8. The Hall–Kier alpha value is -2.20. The summed E-state index contributed by atoms with van der Waals surface area (Å²) in [5.74, 6) is 0.108. The quantitative estimate of drug-likeness (QED) is 0.681. The molecule has 0 bridgehead atoms. The summed E-state index contributed by atoms with van der Waals surface area (Å²) in [6, 6.07) is 11.8. The van der Waals surface area contributed by atoms with E-state index >= 15 is 0 Å². The Morgan fingerprint density at radius 1 is 1.05 bits per heavy atom. The van der Waals surface area contributed by atoms with Gasteiger partial charge in [0, 0.05) is 5.69 Å². The zero-order valence-corrected chi connectivity index (χ0v) is 10.7. The first-order valence-electron chi connectivity index (χ1n) is 6.09. The molecule has 0 radical (unpaired) electrons. The van der Waals surface area contributed by atoms with E-state index in [4.69, 9.17) is 5.11 Å². The van der Waals surface area contributed by atoms with E-state index in [0.29, 0.717) is 5.56 Å². The maximum absolute atomic E-state index is 9.80. The van der Waals surface area contributed by atoms with Gasteiger partial charge in [-0.3, -0.25) is 0 Å². The maximum atomic E-state index is 9.80. The number of nitrogens with one attached hydrogen (secondary N) is 1. The van der Waals surface area contributed by atoms with E-state index in [9.17, 15) is 10.2 Å². The number of benzene rings is 2. The fourth-order valence-corrected chi connectivity index (χ4v) is 2.07.